The fraction of sp³-hybridized carbons (Fsp3) is 0.0769. The molecular weight excluding hydrogens is 491 g/mol. The van der Waals surface area contributed by atoms with Gasteiger partial charge in [-0.25, -0.2) is 18.9 Å². The third-order valence-corrected chi connectivity index (χ3v) is 5.46. The van der Waals surface area contributed by atoms with Gasteiger partial charge in [0.2, 0.25) is 0 Å². The van der Waals surface area contributed by atoms with E-state index in [2.05, 4.69) is 10.1 Å². The predicted molar refractivity (Wildman–Crippen MR) is 129 cm³/mol. The summed E-state index contributed by atoms with van der Waals surface area (Å²) >= 11 is 6.13. The minimum absolute atomic E-state index is 0.0926. The highest BCUT2D eigenvalue weighted by molar-refractivity contribution is 6.39. The molecule has 4 amide bonds. The Kier molecular flexibility index (Phi) is 7.12. The second-order valence-electron chi connectivity index (χ2n) is 7.59. The Balaban J connectivity index is 1.64. The molecule has 1 heterocycles. The van der Waals surface area contributed by atoms with Gasteiger partial charge in [0.05, 0.1) is 18.4 Å². The first kappa shape index (κ1) is 24.6. The highest BCUT2D eigenvalue weighted by Crippen LogP contribution is 2.28. The number of carbonyl (C=O) groups is 4. The number of nitrogens with zero attached hydrogens (tertiary/aromatic N) is 1. The van der Waals surface area contributed by atoms with Crippen LogP contribution in [-0.4, -0.2) is 30.9 Å². The number of ether oxygens (including phenoxy) is 2. The first-order valence-electron chi connectivity index (χ1n) is 10.5. The van der Waals surface area contributed by atoms with Crippen molar-refractivity contribution in [2.75, 3.05) is 12.0 Å². The number of methoxy groups -OCH3 is 1. The van der Waals surface area contributed by atoms with Crippen molar-refractivity contribution in [1.82, 2.24) is 5.32 Å². The maximum atomic E-state index is 13.2. The number of rotatable bonds is 6. The SMILES string of the molecule is COC(=O)c1ccc(N2C(=O)NC(=O)/C(=C\c3cc(Cl)ccc3OCc3ccc(F)cc3)C2=O)cc1. The van der Waals surface area contributed by atoms with Gasteiger partial charge in [0.25, 0.3) is 11.8 Å². The second kappa shape index (κ2) is 10.4. The van der Waals surface area contributed by atoms with E-state index in [0.717, 1.165) is 4.90 Å². The largest absolute Gasteiger partial charge is 0.488 e. The molecule has 0 bridgehead atoms. The Morgan fingerprint density at radius 1 is 1.03 bits per heavy atom. The van der Waals surface area contributed by atoms with Gasteiger partial charge in [-0.3, -0.25) is 14.9 Å². The van der Waals surface area contributed by atoms with E-state index in [1.54, 1.807) is 24.3 Å². The summed E-state index contributed by atoms with van der Waals surface area (Å²) in [7, 11) is 1.23. The molecule has 1 aliphatic heterocycles. The summed E-state index contributed by atoms with van der Waals surface area (Å²) in [6.45, 7) is 0.0926. The van der Waals surface area contributed by atoms with Gasteiger partial charge in [0, 0.05) is 10.6 Å². The van der Waals surface area contributed by atoms with Crippen LogP contribution in [0.2, 0.25) is 5.02 Å². The molecule has 3 aromatic rings. The lowest BCUT2D eigenvalue weighted by Crippen LogP contribution is -2.54. The van der Waals surface area contributed by atoms with Crippen molar-refractivity contribution in [2.24, 2.45) is 0 Å². The molecule has 1 aliphatic rings. The van der Waals surface area contributed by atoms with Crippen LogP contribution in [0.5, 0.6) is 5.75 Å². The number of imide groups is 2. The third-order valence-electron chi connectivity index (χ3n) is 5.23. The maximum absolute atomic E-state index is 13.2. The number of urea groups is 1. The summed E-state index contributed by atoms with van der Waals surface area (Å²) < 4.78 is 23.6. The van der Waals surface area contributed by atoms with Gasteiger partial charge in [-0.15, -0.1) is 0 Å². The molecule has 4 rings (SSSR count). The van der Waals surface area contributed by atoms with Crippen molar-refractivity contribution in [3.63, 3.8) is 0 Å². The molecule has 0 radical (unpaired) electrons. The predicted octanol–water partition coefficient (Wildman–Crippen LogP) is 4.51. The smallest absolute Gasteiger partial charge is 0.337 e. The molecule has 0 spiro atoms. The summed E-state index contributed by atoms with van der Waals surface area (Å²) in [5, 5.41) is 2.46. The fourth-order valence-electron chi connectivity index (χ4n) is 3.42. The van der Waals surface area contributed by atoms with E-state index in [0.29, 0.717) is 21.9 Å². The Bertz CT molecular complexity index is 1390. The molecule has 0 saturated carbocycles. The number of amides is 4. The van der Waals surface area contributed by atoms with Gasteiger partial charge in [0.1, 0.15) is 23.7 Å². The van der Waals surface area contributed by atoms with Crippen LogP contribution in [0.25, 0.3) is 6.08 Å². The minimum atomic E-state index is -0.938. The fourth-order valence-corrected chi connectivity index (χ4v) is 3.60. The van der Waals surface area contributed by atoms with Gasteiger partial charge in [0.15, 0.2) is 0 Å². The lowest BCUT2D eigenvalue weighted by Gasteiger charge is -2.26. The van der Waals surface area contributed by atoms with Gasteiger partial charge < -0.3 is 9.47 Å². The molecule has 1 N–H and O–H groups in total. The number of halogens is 2. The van der Waals surface area contributed by atoms with Crippen molar-refractivity contribution in [3.8, 4) is 5.75 Å². The minimum Gasteiger partial charge on any atom is -0.488 e. The number of hydrogen-bond acceptors (Lipinski definition) is 6. The molecule has 3 aromatic carbocycles. The summed E-state index contributed by atoms with van der Waals surface area (Å²) in [5.41, 5.74) is 1.05. The molecule has 8 nitrogen and oxygen atoms in total. The van der Waals surface area contributed by atoms with Crippen LogP contribution >= 0.6 is 11.6 Å². The van der Waals surface area contributed by atoms with Crippen molar-refractivity contribution < 1.29 is 33.0 Å². The number of carbonyl (C=O) groups excluding carboxylic acids is 4. The molecule has 10 heteroatoms. The highest BCUT2D eigenvalue weighted by atomic mass is 35.5. The zero-order valence-corrected chi connectivity index (χ0v) is 19.5. The van der Waals surface area contributed by atoms with E-state index in [1.807, 2.05) is 0 Å². The Labute approximate surface area is 209 Å². The Morgan fingerprint density at radius 2 is 1.72 bits per heavy atom. The molecule has 1 fully saturated rings. The topological polar surface area (TPSA) is 102 Å². The van der Waals surface area contributed by atoms with Crippen LogP contribution in [0.3, 0.4) is 0 Å². The van der Waals surface area contributed by atoms with E-state index in [4.69, 9.17) is 16.3 Å². The second-order valence-corrected chi connectivity index (χ2v) is 8.03. The summed E-state index contributed by atoms with van der Waals surface area (Å²) in [6, 6.07) is 15.0. The first-order valence-corrected chi connectivity index (χ1v) is 10.9. The lowest BCUT2D eigenvalue weighted by atomic mass is 10.1. The number of benzene rings is 3. The monoisotopic (exact) mass is 508 g/mol. The molecule has 0 atom stereocenters. The van der Waals surface area contributed by atoms with E-state index >= 15 is 0 Å². The van der Waals surface area contributed by atoms with Crippen LogP contribution in [0.4, 0.5) is 14.9 Å². The molecule has 1 saturated heterocycles. The zero-order chi connectivity index (χ0) is 25.8. The van der Waals surface area contributed by atoms with Crippen LogP contribution < -0.4 is 15.0 Å². The van der Waals surface area contributed by atoms with E-state index < -0.39 is 23.8 Å². The van der Waals surface area contributed by atoms with E-state index in [9.17, 15) is 23.6 Å². The third kappa shape index (κ3) is 5.26. The van der Waals surface area contributed by atoms with Crippen LogP contribution in [-0.2, 0) is 20.9 Å². The van der Waals surface area contributed by atoms with Crippen LogP contribution in [0.1, 0.15) is 21.5 Å². The van der Waals surface area contributed by atoms with Crippen LogP contribution in [0.15, 0.2) is 72.3 Å². The maximum Gasteiger partial charge on any atom is 0.337 e. The lowest BCUT2D eigenvalue weighted by molar-refractivity contribution is -0.122. The highest BCUT2D eigenvalue weighted by Gasteiger charge is 2.37. The number of nitrogens with one attached hydrogen (secondary N) is 1. The molecule has 36 heavy (non-hydrogen) atoms. The summed E-state index contributed by atoms with van der Waals surface area (Å²) in [6.07, 6.45) is 1.27. The normalized spacial score (nSPS) is 14.6. The number of hydrogen-bond donors (Lipinski definition) is 1. The zero-order valence-electron chi connectivity index (χ0n) is 18.8. The van der Waals surface area contributed by atoms with E-state index in [1.165, 1.54) is 55.7 Å². The average molecular weight is 509 g/mol. The number of barbiturate groups is 1. The molecule has 0 aromatic heterocycles. The summed E-state index contributed by atoms with van der Waals surface area (Å²) in [4.78, 5) is 50.7. The van der Waals surface area contributed by atoms with Crippen molar-refractivity contribution in [3.05, 3.63) is 99.8 Å². The number of esters is 1. The Hall–Kier alpha value is -4.50. The van der Waals surface area contributed by atoms with Gasteiger partial charge >= 0.3 is 12.0 Å². The standard InChI is InChI=1S/C26H18ClFN2O6/c1-35-25(33)16-4-9-20(10-5-16)30-24(32)21(23(31)29-26(30)34)13-17-12-18(27)6-11-22(17)36-14-15-2-7-19(28)8-3-15/h2-13H,14H2,1H3,(H,29,31,34)/b21-13+. The van der Waals surface area contributed by atoms with Gasteiger partial charge in [-0.05, 0) is 66.2 Å². The van der Waals surface area contributed by atoms with Crippen LogP contribution in [0, 0.1) is 5.82 Å². The van der Waals surface area contributed by atoms with Gasteiger partial charge in [-0.2, -0.15) is 0 Å². The summed E-state index contributed by atoms with van der Waals surface area (Å²) in [5.74, 6) is -2.42. The average Bonchev–Trinajstić information content (AvgIpc) is 2.87. The van der Waals surface area contributed by atoms with Gasteiger partial charge in [-0.1, -0.05) is 23.7 Å². The molecule has 182 valence electrons. The van der Waals surface area contributed by atoms with Crippen molar-refractivity contribution >= 4 is 47.2 Å². The van der Waals surface area contributed by atoms with Crippen molar-refractivity contribution in [2.45, 2.75) is 6.61 Å². The Morgan fingerprint density at radius 3 is 2.39 bits per heavy atom. The molecular formula is C26H18ClFN2O6. The molecule has 0 aliphatic carbocycles. The first-order chi connectivity index (χ1) is 17.3. The van der Waals surface area contributed by atoms with E-state index in [-0.39, 0.29) is 29.2 Å². The van der Waals surface area contributed by atoms with Crippen molar-refractivity contribution in [1.29, 1.82) is 0 Å². The number of anilines is 1. The quantitative estimate of drug-likeness (QED) is 0.298. The molecule has 0 unspecified atom stereocenters.